The topological polar surface area (TPSA) is 83.8 Å². The van der Waals surface area contributed by atoms with E-state index in [-0.39, 0.29) is 12.2 Å². The van der Waals surface area contributed by atoms with Crippen LogP contribution in [0.4, 0.5) is 0 Å². The predicted octanol–water partition coefficient (Wildman–Crippen LogP) is 1.43. The average molecular weight is 214 g/mol. The largest absolute Gasteiger partial charge is 0.516 e. The van der Waals surface area contributed by atoms with Gasteiger partial charge in [-0.15, -0.1) is 0 Å². The number of ether oxygens (including phenoxy) is 1. The monoisotopic (exact) mass is 214 g/mol. The lowest BCUT2D eigenvalue weighted by Crippen LogP contribution is -1.98. The van der Waals surface area contributed by atoms with Crippen LogP contribution in [0.3, 0.4) is 0 Å². The summed E-state index contributed by atoms with van der Waals surface area (Å²) in [6, 6.07) is 0. The van der Waals surface area contributed by atoms with E-state index in [1.165, 1.54) is 13.0 Å². The Morgan fingerprint density at radius 3 is 2.20 bits per heavy atom. The zero-order chi connectivity index (χ0) is 12.3. The maximum Gasteiger partial charge on any atom is 0.330 e. The molecule has 0 saturated carbocycles. The van der Waals surface area contributed by atoms with Gasteiger partial charge in [0, 0.05) is 11.6 Å². The van der Waals surface area contributed by atoms with E-state index in [4.69, 9.17) is 10.2 Å². The van der Waals surface area contributed by atoms with Gasteiger partial charge >= 0.3 is 11.9 Å². The minimum absolute atomic E-state index is 0.0847. The van der Waals surface area contributed by atoms with Gasteiger partial charge in [0.25, 0.3) is 0 Å². The van der Waals surface area contributed by atoms with Crippen LogP contribution in [-0.4, -0.2) is 28.8 Å². The van der Waals surface area contributed by atoms with Crippen molar-refractivity contribution in [2.24, 2.45) is 0 Å². The molecule has 0 aromatic rings. The van der Waals surface area contributed by atoms with E-state index < -0.39 is 11.9 Å². The van der Waals surface area contributed by atoms with Crippen molar-refractivity contribution in [3.8, 4) is 0 Å². The first-order valence-corrected chi connectivity index (χ1v) is 3.92. The molecule has 0 spiro atoms. The molecule has 0 aromatic heterocycles. The number of carboxylic acid groups (broad SMARTS) is 1. The number of rotatable bonds is 4. The van der Waals surface area contributed by atoms with Crippen LogP contribution in [-0.2, 0) is 14.3 Å². The molecule has 0 rings (SSSR count). The van der Waals surface area contributed by atoms with Gasteiger partial charge in [-0.25, -0.2) is 9.59 Å². The summed E-state index contributed by atoms with van der Waals surface area (Å²) in [5.41, 5.74) is 0.176. The summed E-state index contributed by atoms with van der Waals surface area (Å²) in [7, 11) is 0. The van der Waals surface area contributed by atoms with Gasteiger partial charge in [-0.05, 0) is 13.0 Å². The molecule has 0 heterocycles. The molecule has 0 unspecified atom stereocenters. The molecule has 0 saturated heterocycles. The van der Waals surface area contributed by atoms with Crippen LogP contribution in [0, 0.1) is 0 Å². The molecule has 0 atom stereocenters. The first-order chi connectivity index (χ1) is 6.95. The number of carboxylic acids is 1. The van der Waals surface area contributed by atoms with Crippen LogP contribution < -0.4 is 0 Å². The van der Waals surface area contributed by atoms with Crippen LogP contribution in [0.25, 0.3) is 0 Å². The molecule has 0 aliphatic rings. The Hall–Kier alpha value is -2.04. The second-order valence-corrected chi connectivity index (χ2v) is 2.30. The fourth-order valence-electron chi connectivity index (χ4n) is 0.232. The lowest BCUT2D eigenvalue weighted by Gasteiger charge is -1.92. The minimum Gasteiger partial charge on any atom is -0.516 e. The van der Waals surface area contributed by atoms with Crippen molar-refractivity contribution in [1.29, 1.82) is 0 Å². The highest BCUT2D eigenvalue weighted by molar-refractivity contribution is 5.84. The third-order valence-electron chi connectivity index (χ3n) is 0.959. The normalized spacial score (nSPS) is 8.60. The lowest BCUT2D eigenvalue weighted by molar-refractivity contribution is -0.136. The van der Waals surface area contributed by atoms with Crippen LogP contribution >= 0.6 is 0 Å². The van der Waals surface area contributed by atoms with Gasteiger partial charge in [-0.2, -0.15) is 0 Å². The van der Waals surface area contributed by atoms with Gasteiger partial charge in [-0.1, -0.05) is 13.2 Å². The molecule has 2 N–H and O–H groups in total. The summed E-state index contributed by atoms with van der Waals surface area (Å²) in [5.74, 6) is -1.43. The summed E-state index contributed by atoms with van der Waals surface area (Å²) in [6.45, 7) is 7.86. The Labute approximate surface area is 88.0 Å². The molecule has 0 bridgehead atoms. The van der Waals surface area contributed by atoms with E-state index in [2.05, 4.69) is 17.9 Å². The number of aliphatic carboxylic acids is 1. The molecule has 5 nitrogen and oxygen atoms in total. The van der Waals surface area contributed by atoms with Crippen molar-refractivity contribution in [2.75, 3.05) is 6.61 Å². The molecule has 15 heavy (non-hydrogen) atoms. The third-order valence-corrected chi connectivity index (χ3v) is 0.959. The fourth-order valence-corrected chi connectivity index (χ4v) is 0.232. The Balaban J connectivity index is 0. The Kier molecular flexibility index (Phi) is 10.3. The highest BCUT2D eigenvalue weighted by atomic mass is 16.5. The second-order valence-electron chi connectivity index (χ2n) is 2.30. The van der Waals surface area contributed by atoms with Crippen molar-refractivity contribution < 1.29 is 24.5 Å². The predicted molar refractivity (Wildman–Crippen MR) is 55.4 cm³/mol. The zero-order valence-corrected chi connectivity index (χ0v) is 8.47. The Morgan fingerprint density at radius 1 is 1.47 bits per heavy atom. The van der Waals surface area contributed by atoms with Crippen LogP contribution in [0.5, 0.6) is 0 Å². The van der Waals surface area contributed by atoms with Crippen molar-refractivity contribution in [2.45, 2.75) is 6.92 Å². The highest BCUT2D eigenvalue weighted by Crippen LogP contribution is 1.81. The Morgan fingerprint density at radius 2 is 1.93 bits per heavy atom. The standard InChI is InChI=1S/C6H8O3.C4H6O2/c1-2-6(8)9-5-3-4-7;1-3(2)4(5)6/h2-4,7H,1,5H2;1H2,2H3,(H,5,6). The van der Waals surface area contributed by atoms with E-state index in [1.54, 1.807) is 0 Å². The fraction of sp³-hybridized carbons (Fsp3) is 0.200. The van der Waals surface area contributed by atoms with Gasteiger partial charge in [0.15, 0.2) is 0 Å². The summed E-state index contributed by atoms with van der Waals surface area (Å²) in [5, 5.41) is 15.9. The van der Waals surface area contributed by atoms with E-state index in [9.17, 15) is 9.59 Å². The number of aliphatic hydroxyl groups is 1. The molecule has 0 aliphatic heterocycles. The van der Waals surface area contributed by atoms with E-state index in [0.717, 1.165) is 12.3 Å². The lowest BCUT2D eigenvalue weighted by atomic mass is 10.4. The maximum absolute atomic E-state index is 10.2. The van der Waals surface area contributed by atoms with E-state index in [0.29, 0.717) is 0 Å². The first kappa shape index (κ1) is 15.4. The molecule has 0 amide bonds. The van der Waals surface area contributed by atoms with Gasteiger partial charge in [0.1, 0.15) is 6.61 Å². The molecule has 84 valence electrons. The number of carbonyl (C=O) groups is 2. The summed E-state index contributed by atoms with van der Waals surface area (Å²) < 4.78 is 4.43. The van der Waals surface area contributed by atoms with Crippen LogP contribution in [0.1, 0.15) is 6.92 Å². The number of hydrogen-bond donors (Lipinski definition) is 2. The average Bonchev–Trinajstić information content (AvgIpc) is 2.18. The molecule has 0 fully saturated rings. The van der Waals surface area contributed by atoms with Crippen LogP contribution in [0.2, 0.25) is 0 Å². The minimum atomic E-state index is -0.935. The molecule has 0 radical (unpaired) electrons. The SMILES string of the molecule is C=C(C)C(=O)O.C=CC(=O)OCC=CO. The van der Waals surface area contributed by atoms with Crippen molar-refractivity contribution >= 4 is 11.9 Å². The molecule has 0 aromatic carbocycles. The van der Waals surface area contributed by atoms with Crippen molar-refractivity contribution in [3.05, 3.63) is 37.1 Å². The number of esters is 1. The highest BCUT2D eigenvalue weighted by Gasteiger charge is 1.90. The van der Waals surface area contributed by atoms with Gasteiger partial charge < -0.3 is 14.9 Å². The molecular formula is C10H14O5. The second kappa shape index (κ2) is 10.0. The smallest absolute Gasteiger partial charge is 0.330 e. The van der Waals surface area contributed by atoms with Gasteiger partial charge in [-0.3, -0.25) is 0 Å². The van der Waals surface area contributed by atoms with Crippen molar-refractivity contribution in [1.82, 2.24) is 0 Å². The van der Waals surface area contributed by atoms with Gasteiger partial charge in [0.2, 0.25) is 0 Å². The zero-order valence-electron chi connectivity index (χ0n) is 8.47. The maximum atomic E-state index is 10.2. The third kappa shape index (κ3) is 14.8. The first-order valence-electron chi connectivity index (χ1n) is 3.92. The summed E-state index contributed by atoms with van der Waals surface area (Å²) in [4.78, 5) is 19.8. The molecule has 0 aliphatic carbocycles. The molecule has 5 heteroatoms. The summed E-state index contributed by atoms with van der Waals surface area (Å²) in [6.07, 6.45) is 3.18. The van der Waals surface area contributed by atoms with E-state index >= 15 is 0 Å². The number of carbonyl (C=O) groups excluding carboxylic acids is 1. The van der Waals surface area contributed by atoms with Crippen LogP contribution in [0.15, 0.2) is 37.1 Å². The van der Waals surface area contributed by atoms with Crippen molar-refractivity contribution in [3.63, 3.8) is 0 Å². The quantitative estimate of drug-likeness (QED) is 0.420. The summed E-state index contributed by atoms with van der Waals surface area (Å²) >= 11 is 0. The Bertz CT molecular complexity index is 253. The molecular weight excluding hydrogens is 200 g/mol. The van der Waals surface area contributed by atoms with Gasteiger partial charge in [0.05, 0.1) is 6.26 Å². The number of aliphatic hydroxyl groups excluding tert-OH is 1. The number of hydrogen-bond acceptors (Lipinski definition) is 4. The van der Waals surface area contributed by atoms with E-state index in [1.807, 2.05) is 0 Å².